The van der Waals surface area contributed by atoms with E-state index in [0.29, 0.717) is 17.4 Å². The Kier molecular flexibility index (Phi) is 41.5. The van der Waals surface area contributed by atoms with Crippen LogP contribution in [0.25, 0.3) is 0 Å². The number of phosphoric acid groups is 1. The Hall–Kier alpha value is -3.36. The van der Waals surface area contributed by atoms with E-state index in [1.54, 1.807) is 6.08 Å². The SMILES string of the molecule is CC/C=C\C/C=C\C/C=C\C/C=C\C/C=C\C/C=C\C/C=C\C/C=C\C/C=C\CCCCCC(=O)NC(COP(=O)([O-])OCC[N+](C)(C)C)C(O)/C=C/CC/C=C/CCCCCC. The molecule has 0 saturated carbocycles. The fourth-order valence-electron chi connectivity index (χ4n) is 5.80. The molecule has 0 aliphatic heterocycles. The van der Waals surface area contributed by atoms with Crippen LogP contribution in [0.1, 0.15) is 149 Å². The summed E-state index contributed by atoms with van der Waals surface area (Å²) in [6.45, 7) is 4.40. The van der Waals surface area contributed by atoms with Gasteiger partial charge in [0.1, 0.15) is 13.2 Å². The van der Waals surface area contributed by atoms with Crippen LogP contribution in [0.15, 0.2) is 134 Å². The average molecular weight is 893 g/mol. The summed E-state index contributed by atoms with van der Waals surface area (Å²) in [5.74, 6) is -0.249. The first-order chi connectivity index (χ1) is 30.5. The molecule has 2 N–H and O–H groups in total. The van der Waals surface area contributed by atoms with Gasteiger partial charge in [0.2, 0.25) is 5.91 Å². The fraction of sp³-hybridized carbons (Fsp3) is 0.574. The summed E-state index contributed by atoms with van der Waals surface area (Å²) in [6.07, 6.45) is 66.7. The lowest BCUT2D eigenvalue weighted by atomic mass is 10.1. The van der Waals surface area contributed by atoms with E-state index in [9.17, 15) is 19.4 Å². The number of unbranched alkanes of at least 4 members (excludes halogenated alkanes) is 8. The van der Waals surface area contributed by atoms with Gasteiger partial charge in [-0.3, -0.25) is 9.36 Å². The summed E-state index contributed by atoms with van der Waals surface area (Å²) >= 11 is 0. The number of rotatable bonds is 41. The van der Waals surface area contributed by atoms with E-state index < -0.39 is 26.6 Å². The predicted molar refractivity (Wildman–Crippen MR) is 269 cm³/mol. The Bertz CT molecular complexity index is 1480. The quantitative estimate of drug-likeness (QED) is 0.0274. The average Bonchev–Trinajstić information content (AvgIpc) is 3.24. The van der Waals surface area contributed by atoms with Crippen molar-refractivity contribution in [3.63, 3.8) is 0 Å². The molecule has 0 spiro atoms. The van der Waals surface area contributed by atoms with Crippen molar-refractivity contribution < 1.29 is 32.9 Å². The van der Waals surface area contributed by atoms with Crippen LogP contribution in [0.2, 0.25) is 0 Å². The number of aliphatic hydroxyl groups excluding tert-OH is 1. The second-order valence-electron chi connectivity index (χ2n) is 16.7. The van der Waals surface area contributed by atoms with Crippen molar-refractivity contribution in [3.8, 4) is 0 Å². The van der Waals surface area contributed by atoms with Crippen molar-refractivity contribution in [1.82, 2.24) is 5.32 Å². The highest BCUT2D eigenvalue weighted by Crippen LogP contribution is 2.38. The lowest BCUT2D eigenvalue weighted by Crippen LogP contribution is -2.45. The smallest absolute Gasteiger partial charge is 0.268 e. The summed E-state index contributed by atoms with van der Waals surface area (Å²) in [4.78, 5) is 25.3. The number of hydrogen-bond donors (Lipinski definition) is 2. The molecule has 356 valence electrons. The van der Waals surface area contributed by atoms with Gasteiger partial charge in [-0.15, -0.1) is 0 Å². The molecule has 0 aliphatic carbocycles. The van der Waals surface area contributed by atoms with Crippen LogP contribution in [0, 0.1) is 0 Å². The molecule has 0 heterocycles. The number of quaternary nitrogens is 1. The van der Waals surface area contributed by atoms with Crippen LogP contribution in [0.4, 0.5) is 0 Å². The normalized spacial score (nSPS) is 15.3. The third-order valence-electron chi connectivity index (χ3n) is 9.59. The highest BCUT2D eigenvalue weighted by molar-refractivity contribution is 7.45. The number of carbonyl (C=O) groups is 1. The Morgan fingerprint density at radius 3 is 1.44 bits per heavy atom. The molecule has 8 nitrogen and oxygen atoms in total. The number of phosphoric ester groups is 1. The van der Waals surface area contributed by atoms with Gasteiger partial charge in [0.15, 0.2) is 0 Å². The minimum Gasteiger partial charge on any atom is -0.756 e. The Labute approximate surface area is 386 Å². The molecule has 3 unspecified atom stereocenters. The zero-order valence-corrected chi connectivity index (χ0v) is 41.1. The molecule has 0 rings (SSSR count). The van der Waals surface area contributed by atoms with Crippen molar-refractivity contribution in [3.05, 3.63) is 134 Å². The van der Waals surface area contributed by atoms with Crippen molar-refractivity contribution in [2.75, 3.05) is 40.9 Å². The number of aliphatic hydroxyl groups is 1. The summed E-state index contributed by atoms with van der Waals surface area (Å²) < 4.78 is 23.1. The van der Waals surface area contributed by atoms with Gasteiger partial charge in [0, 0.05) is 6.42 Å². The van der Waals surface area contributed by atoms with Crippen molar-refractivity contribution >= 4 is 13.7 Å². The van der Waals surface area contributed by atoms with Crippen LogP contribution in [0.5, 0.6) is 0 Å². The van der Waals surface area contributed by atoms with Crippen LogP contribution in [0.3, 0.4) is 0 Å². The van der Waals surface area contributed by atoms with Gasteiger partial charge in [-0.2, -0.15) is 0 Å². The first-order valence-corrected chi connectivity index (χ1v) is 25.5. The molecule has 0 bridgehead atoms. The molecule has 0 aromatic carbocycles. The zero-order valence-electron chi connectivity index (χ0n) is 40.2. The molecule has 0 aliphatic rings. The van der Waals surface area contributed by atoms with Crippen molar-refractivity contribution in [1.29, 1.82) is 0 Å². The molecule has 3 atom stereocenters. The predicted octanol–water partition coefficient (Wildman–Crippen LogP) is 13.4. The number of likely N-dealkylation sites (N-methyl/N-ethyl adjacent to an activating group) is 1. The Morgan fingerprint density at radius 1 is 0.571 bits per heavy atom. The molecule has 0 fully saturated rings. The lowest BCUT2D eigenvalue weighted by Gasteiger charge is -2.29. The van der Waals surface area contributed by atoms with Gasteiger partial charge in [0.05, 0.1) is 39.9 Å². The van der Waals surface area contributed by atoms with Crippen LogP contribution in [-0.4, -0.2) is 68.5 Å². The molecule has 63 heavy (non-hydrogen) atoms. The van der Waals surface area contributed by atoms with Gasteiger partial charge >= 0.3 is 0 Å². The van der Waals surface area contributed by atoms with Crippen molar-refractivity contribution in [2.24, 2.45) is 0 Å². The second kappa shape index (κ2) is 43.9. The number of nitrogens with zero attached hydrogens (tertiary/aromatic N) is 1. The van der Waals surface area contributed by atoms with Gasteiger partial charge in [-0.1, -0.05) is 173 Å². The first-order valence-electron chi connectivity index (χ1n) is 24.0. The summed E-state index contributed by atoms with van der Waals surface area (Å²) in [5, 5.41) is 13.7. The molecule has 0 aromatic heterocycles. The third-order valence-corrected chi connectivity index (χ3v) is 10.6. The van der Waals surface area contributed by atoms with E-state index in [4.69, 9.17) is 9.05 Å². The monoisotopic (exact) mass is 893 g/mol. The number of amides is 1. The van der Waals surface area contributed by atoms with E-state index in [-0.39, 0.29) is 18.9 Å². The largest absolute Gasteiger partial charge is 0.756 e. The van der Waals surface area contributed by atoms with Crippen LogP contribution >= 0.6 is 7.82 Å². The van der Waals surface area contributed by atoms with Gasteiger partial charge in [-0.25, -0.2) is 0 Å². The van der Waals surface area contributed by atoms with Crippen LogP contribution in [-0.2, 0) is 18.4 Å². The molecular weight excluding hydrogens is 804 g/mol. The Morgan fingerprint density at radius 2 is 0.984 bits per heavy atom. The maximum atomic E-state index is 12.8. The maximum absolute atomic E-state index is 12.8. The number of carbonyl (C=O) groups excluding carboxylic acids is 1. The summed E-state index contributed by atoms with van der Waals surface area (Å²) in [7, 11) is 1.19. The van der Waals surface area contributed by atoms with E-state index in [1.807, 2.05) is 27.2 Å². The topological polar surface area (TPSA) is 108 Å². The second-order valence-corrected chi connectivity index (χ2v) is 18.1. The van der Waals surface area contributed by atoms with E-state index in [1.165, 1.54) is 25.7 Å². The van der Waals surface area contributed by atoms with Gasteiger partial charge in [0.25, 0.3) is 7.82 Å². The Balaban J connectivity index is 4.34. The van der Waals surface area contributed by atoms with Gasteiger partial charge < -0.3 is 28.8 Å². The highest BCUT2D eigenvalue weighted by atomic mass is 31.2. The highest BCUT2D eigenvalue weighted by Gasteiger charge is 2.23. The van der Waals surface area contributed by atoms with Crippen molar-refractivity contribution in [2.45, 2.75) is 161 Å². The minimum absolute atomic E-state index is 0.0216. The number of nitrogens with one attached hydrogen (secondary N) is 1. The van der Waals surface area contributed by atoms with E-state index >= 15 is 0 Å². The summed E-state index contributed by atoms with van der Waals surface area (Å²) in [6, 6.07) is -0.929. The number of allylic oxidation sites excluding steroid dienone is 21. The summed E-state index contributed by atoms with van der Waals surface area (Å²) in [5.41, 5.74) is 0. The molecule has 0 saturated heterocycles. The maximum Gasteiger partial charge on any atom is 0.268 e. The van der Waals surface area contributed by atoms with Gasteiger partial charge in [-0.05, 0) is 103 Å². The molecule has 0 aromatic rings. The van der Waals surface area contributed by atoms with E-state index in [0.717, 1.165) is 96.3 Å². The zero-order chi connectivity index (χ0) is 46.4. The first kappa shape index (κ1) is 59.6. The molecule has 1 amide bonds. The molecular formula is C54H89N2O6P. The lowest BCUT2D eigenvalue weighted by molar-refractivity contribution is -0.870. The van der Waals surface area contributed by atoms with Crippen LogP contribution < -0.4 is 10.2 Å². The van der Waals surface area contributed by atoms with E-state index in [2.05, 4.69) is 141 Å². The number of hydrogen-bond acceptors (Lipinski definition) is 6. The standard InChI is InChI=1S/C54H89N2O6P/c1-6-8-10-12-14-16-18-19-20-21-22-23-24-25-26-27-28-29-30-31-32-33-34-35-36-37-38-40-42-44-46-48-54(58)55-52(51-62-63(59,60)61-50-49-56(3,4)5)53(57)47-45-43-41-39-17-15-13-11-9-7-2/h8,10,14,16-17,19-20,22-23,25-26,28-29,31-32,34-35,37-39,45,47,52-53,57H,6-7,9,11-13,15,18,21,24,27,30,33,36,40-44,46,48-51H2,1-5H3,(H-,55,58,59,60)/b10-8-,16-14-,20-19-,23-22-,26-25-,29-28-,32-31-,35-34-,38-37-,39-17+,47-45+. The fourth-order valence-corrected chi connectivity index (χ4v) is 6.53. The third kappa shape index (κ3) is 46.4. The molecule has 0 radical (unpaired) electrons. The molecule has 9 heteroatoms. The minimum atomic E-state index is -4.61.